The summed E-state index contributed by atoms with van der Waals surface area (Å²) >= 11 is 0.179. The normalized spacial score (nSPS) is 14.9. The van der Waals surface area contributed by atoms with Crippen LogP contribution in [-0.4, -0.2) is 24.3 Å². The molecule has 0 N–H and O–H groups in total. The molecular formula is CF4INO4S2. The molecule has 0 heterocycles. The van der Waals surface area contributed by atoms with Crippen LogP contribution in [0.15, 0.2) is 0 Å². The van der Waals surface area contributed by atoms with Gasteiger partial charge in [0.15, 0.2) is 0 Å². The van der Waals surface area contributed by atoms with Crippen molar-refractivity contribution in [2.75, 3.05) is 0 Å². The van der Waals surface area contributed by atoms with Gasteiger partial charge in [0.2, 0.25) is 0 Å². The van der Waals surface area contributed by atoms with Crippen molar-refractivity contribution in [2.24, 2.45) is 0 Å². The molecule has 0 amide bonds. The van der Waals surface area contributed by atoms with Crippen LogP contribution in [0.3, 0.4) is 0 Å². The molecule has 0 fully saturated rings. The molecule has 0 aromatic carbocycles. The van der Waals surface area contributed by atoms with Crippen LogP contribution in [0.2, 0.25) is 0 Å². The Morgan fingerprint density at radius 3 is 1.46 bits per heavy atom. The van der Waals surface area contributed by atoms with Crippen LogP contribution in [0.1, 0.15) is 0 Å². The molecule has 0 atom stereocenters. The van der Waals surface area contributed by atoms with E-state index in [9.17, 15) is 33.9 Å². The second-order valence-electron chi connectivity index (χ2n) is 1.55. The maximum Gasteiger partial charge on any atom is 0.513 e. The average Bonchev–Trinajstić information content (AvgIpc) is 1.81. The summed E-state index contributed by atoms with van der Waals surface area (Å²) < 4.78 is 85.0. The molecule has 80 valence electrons. The van der Waals surface area contributed by atoms with Crippen LogP contribution in [0.4, 0.5) is 17.1 Å². The number of rotatable bonds is 2. The summed E-state index contributed by atoms with van der Waals surface area (Å²) in [7, 11) is -12.1. The standard InChI is InChI=1S/CF4INO4S2/c2-1(3,4)12(8,9)7(6)13(5,10)11. The van der Waals surface area contributed by atoms with Gasteiger partial charge in [-0.15, -0.1) is 0 Å². The van der Waals surface area contributed by atoms with Gasteiger partial charge in [-0.2, -0.15) is 21.6 Å². The lowest BCUT2D eigenvalue weighted by molar-refractivity contribution is -0.0453. The molecule has 0 aromatic rings. The van der Waals surface area contributed by atoms with Crippen LogP contribution in [0, 0.1) is 0 Å². The lowest BCUT2D eigenvalue weighted by atomic mass is 11.6. The summed E-state index contributed by atoms with van der Waals surface area (Å²) in [6.07, 6.45) is 0. The third kappa shape index (κ3) is 2.88. The first-order valence-electron chi connectivity index (χ1n) is 2.13. The molecule has 0 rings (SSSR count). The quantitative estimate of drug-likeness (QED) is 0.316. The van der Waals surface area contributed by atoms with E-state index in [1.807, 2.05) is 0 Å². The zero-order valence-electron chi connectivity index (χ0n) is 5.29. The van der Waals surface area contributed by atoms with Gasteiger partial charge >= 0.3 is 25.9 Å². The highest BCUT2D eigenvalue weighted by molar-refractivity contribution is 14.1. The molecule has 0 bridgehead atoms. The molecule has 13 heavy (non-hydrogen) atoms. The van der Waals surface area contributed by atoms with Crippen LogP contribution in [0.5, 0.6) is 0 Å². The van der Waals surface area contributed by atoms with E-state index in [0.717, 1.165) is 0 Å². The van der Waals surface area contributed by atoms with Crippen molar-refractivity contribution in [2.45, 2.75) is 5.51 Å². The first kappa shape index (κ1) is 13.3. The second-order valence-corrected chi connectivity index (χ2v) is 7.02. The topological polar surface area (TPSA) is 71.5 Å². The summed E-state index contributed by atoms with van der Waals surface area (Å²) in [4.78, 5) is 0. The maximum absolute atomic E-state index is 11.8. The zero-order valence-corrected chi connectivity index (χ0v) is 9.08. The van der Waals surface area contributed by atoms with Crippen molar-refractivity contribution in [3.05, 3.63) is 0 Å². The highest BCUT2D eigenvalue weighted by atomic mass is 127. The summed E-state index contributed by atoms with van der Waals surface area (Å²) in [5.41, 5.74) is -5.85. The minimum absolute atomic E-state index is 0.179. The predicted octanol–water partition coefficient (Wildman–Crippen LogP) is 0.702. The fourth-order valence-electron chi connectivity index (χ4n) is 0.199. The van der Waals surface area contributed by atoms with E-state index in [1.54, 1.807) is 0 Å². The van der Waals surface area contributed by atoms with Gasteiger partial charge in [0, 0.05) is 1.92 Å². The van der Waals surface area contributed by atoms with Gasteiger partial charge in [-0.25, -0.2) is 8.42 Å². The zero-order chi connectivity index (χ0) is 11.1. The minimum Gasteiger partial charge on any atom is -0.201 e. The van der Waals surface area contributed by atoms with Crippen molar-refractivity contribution >= 4 is 43.3 Å². The second kappa shape index (κ2) is 3.47. The fraction of sp³-hybridized carbons (Fsp3) is 1.00. The molecule has 12 heteroatoms. The molecule has 0 radical (unpaired) electrons. The molecule has 0 unspecified atom stereocenters. The summed E-state index contributed by atoms with van der Waals surface area (Å²) in [6, 6.07) is 0. The third-order valence-electron chi connectivity index (χ3n) is 0.653. The van der Waals surface area contributed by atoms with E-state index in [1.165, 1.54) is 0 Å². The molecule has 5 nitrogen and oxygen atoms in total. The molecule has 0 saturated heterocycles. The van der Waals surface area contributed by atoms with Crippen molar-refractivity contribution < 1.29 is 33.9 Å². The molecule has 0 aliphatic rings. The lowest BCUT2D eigenvalue weighted by Gasteiger charge is -2.11. The van der Waals surface area contributed by atoms with E-state index in [-0.39, 0.29) is 22.9 Å². The lowest BCUT2D eigenvalue weighted by Crippen LogP contribution is -2.36. The van der Waals surface area contributed by atoms with Gasteiger partial charge < -0.3 is 0 Å². The molecular weight excluding hydrogens is 357 g/mol. The highest BCUT2D eigenvalue weighted by Gasteiger charge is 2.54. The SMILES string of the molecule is O=S(=O)(F)N(I)S(=O)(=O)C(F)(F)F. The Labute approximate surface area is 84.6 Å². The fourth-order valence-corrected chi connectivity index (χ4v) is 2.22. The number of alkyl halides is 3. The Morgan fingerprint density at radius 2 is 1.38 bits per heavy atom. The molecule has 0 aliphatic carbocycles. The smallest absolute Gasteiger partial charge is 0.201 e. The van der Waals surface area contributed by atoms with Crippen molar-refractivity contribution in [1.29, 1.82) is 0 Å². The summed E-state index contributed by atoms with van der Waals surface area (Å²) in [6.45, 7) is 0. The monoisotopic (exact) mass is 357 g/mol. The number of nitrogens with zero attached hydrogens (tertiary/aromatic N) is 1. The van der Waals surface area contributed by atoms with E-state index < -0.39 is 27.9 Å². The first-order valence-corrected chi connectivity index (χ1v) is 5.87. The van der Waals surface area contributed by atoms with Gasteiger partial charge in [0.25, 0.3) is 0 Å². The highest BCUT2D eigenvalue weighted by Crippen LogP contribution is 2.31. The van der Waals surface area contributed by atoms with Crippen LogP contribution < -0.4 is 0 Å². The maximum atomic E-state index is 11.8. The Bertz CT molecular complexity index is 381. The minimum atomic E-state index is -6.18. The van der Waals surface area contributed by atoms with E-state index in [2.05, 4.69) is 0 Å². The van der Waals surface area contributed by atoms with Crippen molar-refractivity contribution in [3.63, 3.8) is 0 Å². The number of hydrogen-bond donors (Lipinski definition) is 0. The van der Waals surface area contributed by atoms with Crippen LogP contribution in [-0.2, 0) is 20.4 Å². The van der Waals surface area contributed by atoms with Crippen molar-refractivity contribution in [3.8, 4) is 0 Å². The van der Waals surface area contributed by atoms with Crippen LogP contribution >= 0.6 is 22.9 Å². The van der Waals surface area contributed by atoms with E-state index >= 15 is 0 Å². The number of hydrogen-bond acceptors (Lipinski definition) is 4. The molecule has 0 aromatic heterocycles. The molecule has 0 aliphatic heterocycles. The summed E-state index contributed by atoms with van der Waals surface area (Å²) in [5.74, 6) is 0. The van der Waals surface area contributed by atoms with E-state index in [0.29, 0.717) is 0 Å². The Morgan fingerprint density at radius 1 is 1.08 bits per heavy atom. The van der Waals surface area contributed by atoms with E-state index in [4.69, 9.17) is 0 Å². The molecule has 0 spiro atoms. The largest absolute Gasteiger partial charge is 0.513 e. The first-order chi connectivity index (χ1) is 5.40. The predicted molar refractivity (Wildman–Crippen MR) is 40.9 cm³/mol. The van der Waals surface area contributed by atoms with Gasteiger partial charge in [-0.05, 0) is 0 Å². The van der Waals surface area contributed by atoms with Crippen molar-refractivity contribution in [1.82, 2.24) is 1.92 Å². The number of sulfonamides is 1. The number of halogens is 5. The van der Waals surface area contributed by atoms with Gasteiger partial charge in [-0.1, -0.05) is 3.89 Å². The molecule has 0 saturated carbocycles. The van der Waals surface area contributed by atoms with Crippen LogP contribution in [0.25, 0.3) is 0 Å². The third-order valence-corrected chi connectivity index (χ3v) is 6.05. The Balaban J connectivity index is 5.37. The average molecular weight is 357 g/mol. The van der Waals surface area contributed by atoms with Gasteiger partial charge in [0.05, 0.1) is 22.9 Å². The Hall–Kier alpha value is 0.310. The Kier molecular flexibility index (Phi) is 3.55. The van der Waals surface area contributed by atoms with Gasteiger partial charge in [0.1, 0.15) is 0 Å². The summed E-state index contributed by atoms with van der Waals surface area (Å²) in [5, 5.41) is 0. The van der Waals surface area contributed by atoms with Gasteiger partial charge in [-0.3, -0.25) is 0 Å².